The summed E-state index contributed by atoms with van der Waals surface area (Å²) in [7, 11) is 0. The van der Waals surface area contributed by atoms with E-state index in [0.717, 1.165) is 0 Å². The predicted octanol–water partition coefficient (Wildman–Crippen LogP) is 5.07. The maximum Gasteiger partial charge on any atom is 0.422 e. The van der Waals surface area contributed by atoms with E-state index >= 15 is 0 Å². The summed E-state index contributed by atoms with van der Waals surface area (Å²) in [4.78, 5) is 0. The first-order valence-electron chi connectivity index (χ1n) is 5.32. The van der Waals surface area contributed by atoms with E-state index in [1.807, 2.05) is 0 Å². The van der Waals surface area contributed by atoms with Crippen molar-refractivity contribution in [3.63, 3.8) is 0 Å². The van der Waals surface area contributed by atoms with Crippen molar-refractivity contribution in [1.29, 1.82) is 0 Å². The Morgan fingerprint density at radius 1 is 0.619 bits per heavy atom. The van der Waals surface area contributed by atoms with Crippen LogP contribution in [0.15, 0.2) is 24.3 Å². The smallest absolute Gasteiger partial charge is 0.207 e. The molecule has 0 bridgehead atoms. The summed E-state index contributed by atoms with van der Waals surface area (Å²) in [6.45, 7) is 0. The molecular formula is C13H4F8. The largest absolute Gasteiger partial charge is 0.422 e. The lowest BCUT2D eigenvalue weighted by molar-refractivity contribution is -0.142. The van der Waals surface area contributed by atoms with Crippen LogP contribution in [0.5, 0.6) is 0 Å². The summed E-state index contributed by atoms with van der Waals surface area (Å²) in [5.41, 5.74) is -4.01. The maximum atomic E-state index is 13.4. The van der Waals surface area contributed by atoms with Gasteiger partial charge in [0.05, 0.1) is 5.56 Å². The second kappa shape index (κ2) is 5.01. The van der Waals surface area contributed by atoms with Gasteiger partial charge in [0.2, 0.25) is 0 Å². The van der Waals surface area contributed by atoms with E-state index < -0.39 is 52.0 Å². The summed E-state index contributed by atoms with van der Waals surface area (Å²) < 4.78 is 103. The molecule has 0 N–H and O–H groups in total. The van der Waals surface area contributed by atoms with Crippen LogP contribution in [-0.4, -0.2) is 0 Å². The van der Waals surface area contributed by atoms with Gasteiger partial charge in [-0.3, -0.25) is 0 Å². The Morgan fingerprint density at radius 3 is 1.43 bits per heavy atom. The number of alkyl halides is 3. The number of halogens is 8. The third kappa shape index (κ3) is 2.84. The molecule has 0 aliphatic rings. The van der Waals surface area contributed by atoms with Crippen molar-refractivity contribution in [2.75, 3.05) is 0 Å². The Balaban J connectivity index is 2.69. The van der Waals surface area contributed by atoms with E-state index in [0.29, 0.717) is 0 Å². The highest BCUT2D eigenvalue weighted by molar-refractivity contribution is 5.65. The molecule has 8 heteroatoms. The highest BCUT2D eigenvalue weighted by Gasteiger charge is 2.38. The van der Waals surface area contributed by atoms with Crippen LogP contribution in [0.1, 0.15) is 5.56 Å². The van der Waals surface area contributed by atoms with E-state index in [9.17, 15) is 35.1 Å². The molecule has 0 nitrogen and oxygen atoms in total. The van der Waals surface area contributed by atoms with Gasteiger partial charge in [-0.25, -0.2) is 22.0 Å². The molecule has 0 spiro atoms. The zero-order valence-electron chi connectivity index (χ0n) is 9.83. The highest BCUT2D eigenvalue weighted by atomic mass is 19.4. The first-order chi connectivity index (χ1) is 9.61. The molecule has 0 atom stereocenters. The molecular weight excluding hydrogens is 308 g/mol. The number of benzene rings is 2. The van der Waals surface area contributed by atoms with E-state index in [2.05, 4.69) is 0 Å². The molecule has 2 aromatic rings. The van der Waals surface area contributed by atoms with E-state index in [4.69, 9.17) is 0 Å². The van der Waals surface area contributed by atoms with Crippen molar-refractivity contribution in [2.24, 2.45) is 0 Å². The number of rotatable bonds is 1. The van der Waals surface area contributed by atoms with Gasteiger partial charge in [0.15, 0.2) is 0 Å². The maximum absolute atomic E-state index is 13.4. The molecule has 0 saturated carbocycles. The first-order valence-corrected chi connectivity index (χ1v) is 5.32. The lowest BCUT2D eigenvalue weighted by Gasteiger charge is -2.12. The van der Waals surface area contributed by atoms with Gasteiger partial charge in [0, 0.05) is 12.1 Å². The van der Waals surface area contributed by atoms with Crippen molar-refractivity contribution in [1.82, 2.24) is 0 Å². The first kappa shape index (κ1) is 15.3. The van der Waals surface area contributed by atoms with E-state index in [1.165, 1.54) is 0 Å². The van der Waals surface area contributed by atoms with Crippen LogP contribution in [0.25, 0.3) is 11.1 Å². The van der Waals surface area contributed by atoms with Crippen LogP contribution in [0, 0.1) is 29.1 Å². The molecule has 0 unspecified atom stereocenters. The quantitative estimate of drug-likeness (QED) is 0.645. The summed E-state index contributed by atoms with van der Waals surface area (Å²) in [6.07, 6.45) is -5.30. The molecule has 0 radical (unpaired) electrons. The average Bonchev–Trinajstić information content (AvgIpc) is 2.23. The molecule has 0 saturated heterocycles. The standard InChI is InChI=1S/C13H4F8/c14-6-3-7(15)11(8(16)4-6)5-1-9(17)12(10(18)2-5)13(19,20)21/h1-4H. The Hall–Kier alpha value is -2.12. The molecule has 0 heterocycles. The fraction of sp³-hybridized carbons (Fsp3) is 0.0769. The second-order valence-corrected chi connectivity index (χ2v) is 4.06. The summed E-state index contributed by atoms with van der Waals surface area (Å²) >= 11 is 0. The number of hydrogen-bond donors (Lipinski definition) is 0. The van der Waals surface area contributed by atoms with Gasteiger partial charge >= 0.3 is 6.18 Å². The third-order valence-electron chi connectivity index (χ3n) is 2.62. The minimum atomic E-state index is -5.30. The van der Waals surface area contributed by atoms with Crippen LogP contribution in [0.4, 0.5) is 35.1 Å². The Labute approximate surface area is 112 Å². The van der Waals surface area contributed by atoms with Gasteiger partial charge in [-0.2, -0.15) is 13.2 Å². The highest BCUT2D eigenvalue weighted by Crippen LogP contribution is 2.37. The van der Waals surface area contributed by atoms with Crippen LogP contribution in [0.3, 0.4) is 0 Å². The topological polar surface area (TPSA) is 0 Å². The van der Waals surface area contributed by atoms with Gasteiger partial charge in [0.1, 0.15) is 34.6 Å². The van der Waals surface area contributed by atoms with Crippen molar-refractivity contribution in [2.45, 2.75) is 6.18 Å². The van der Waals surface area contributed by atoms with E-state index in [1.54, 1.807) is 0 Å². The summed E-state index contributed by atoms with van der Waals surface area (Å²) in [5.74, 6) is -8.32. The average molecular weight is 312 g/mol. The summed E-state index contributed by atoms with van der Waals surface area (Å²) in [5, 5.41) is 0. The van der Waals surface area contributed by atoms with Crippen LogP contribution < -0.4 is 0 Å². The minimum Gasteiger partial charge on any atom is -0.207 e. The summed E-state index contributed by atoms with van der Waals surface area (Å²) in [6, 6.07) is 0.744. The van der Waals surface area contributed by atoms with Crippen molar-refractivity contribution >= 4 is 0 Å². The van der Waals surface area contributed by atoms with Crippen LogP contribution >= 0.6 is 0 Å². The lowest BCUT2D eigenvalue weighted by Crippen LogP contribution is -2.11. The molecule has 0 aliphatic heterocycles. The molecule has 0 amide bonds. The molecule has 2 aromatic carbocycles. The zero-order chi connectivity index (χ0) is 15.9. The number of hydrogen-bond acceptors (Lipinski definition) is 0. The van der Waals surface area contributed by atoms with Crippen molar-refractivity contribution < 1.29 is 35.1 Å². The fourth-order valence-electron chi connectivity index (χ4n) is 1.81. The Kier molecular flexibility index (Phi) is 3.65. The zero-order valence-corrected chi connectivity index (χ0v) is 9.83. The van der Waals surface area contributed by atoms with Crippen molar-refractivity contribution in [3.05, 3.63) is 58.9 Å². The minimum absolute atomic E-state index is 0.130. The van der Waals surface area contributed by atoms with E-state index in [-0.39, 0.29) is 24.3 Å². The third-order valence-corrected chi connectivity index (χ3v) is 2.62. The van der Waals surface area contributed by atoms with Gasteiger partial charge in [-0.1, -0.05) is 0 Å². The van der Waals surface area contributed by atoms with Gasteiger partial charge < -0.3 is 0 Å². The molecule has 2 rings (SSSR count). The lowest BCUT2D eigenvalue weighted by atomic mass is 10.0. The fourth-order valence-corrected chi connectivity index (χ4v) is 1.81. The Bertz CT molecular complexity index is 656. The normalized spacial score (nSPS) is 11.8. The monoisotopic (exact) mass is 312 g/mol. The van der Waals surface area contributed by atoms with Crippen LogP contribution in [0.2, 0.25) is 0 Å². The molecule has 0 aliphatic carbocycles. The molecule has 112 valence electrons. The van der Waals surface area contributed by atoms with Gasteiger partial charge in [-0.15, -0.1) is 0 Å². The van der Waals surface area contributed by atoms with Gasteiger partial charge in [-0.05, 0) is 17.7 Å². The predicted molar refractivity (Wildman–Crippen MR) is 56.7 cm³/mol. The molecule has 0 aromatic heterocycles. The van der Waals surface area contributed by atoms with Gasteiger partial charge in [0.25, 0.3) is 0 Å². The molecule has 21 heavy (non-hydrogen) atoms. The SMILES string of the molecule is Fc1cc(F)c(-c2cc(F)c(C(F)(F)F)c(F)c2)c(F)c1. The van der Waals surface area contributed by atoms with Crippen LogP contribution in [-0.2, 0) is 6.18 Å². The molecule has 0 fully saturated rings. The van der Waals surface area contributed by atoms with Crippen molar-refractivity contribution in [3.8, 4) is 11.1 Å². The Morgan fingerprint density at radius 2 is 1.05 bits per heavy atom. The second-order valence-electron chi connectivity index (χ2n) is 4.06.